The minimum absolute atomic E-state index is 0.140. The van der Waals surface area contributed by atoms with Gasteiger partial charge in [-0.1, -0.05) is 41.6 Å². The Morgan fingerprint density at radius 1 is 0.972 bits per heavy atom. The first-order valence-electron chi connectivity index (χ1n) is 11.3. The molecular weight excluding hydrogens is 478 g/mol. The van der Waals surface area contributed by atoms with Crippen LogP contribution in [0.1, 0.15) is 12.0 Å². The molecule has 4 aromatic rings. The van der Waals surface area contributed by atoms with E-state index in [1.165, 1.54) is 33.1 Å². The predicted octanol–water partition coefficient (Wildman–Crippen LogP) is 4.84. The van der Waals surface area contributed by atoms with Crippen LogP contribution >= 0.6 is 11.8 Å². The Morgan fingerprint density at radius 3 is 2.31 bits per heavy atom. The second kappa shape index (κ2) is 11.2. The minimum Gasteiger partial charge on any atom is -0.493 e. The van der Waals surface area contributed by atoms with E-state index in [0.717, 1.165) is 11.3 Å². The number of para-hydroxylation sites is 1. The van der Waals surface area contributed by atoms with Crippen molar-refractivity contribution in [2.75, 3.05) is 32.4 Å². The molecule has 0 aliphatic heterocycles. The smallest absolute Gasteiger partial charge is 0.266 e. The monoisotopic (exact) mass is 505 g/mol. The summed E-state index contributed by atoms with van der Waals surface area (Å²) in [6.45, 7) is 1.95. The average Bonchev–Trinajstić information content (AvgIpc) is 2.89. The maximum atomic E-state index is 13.4. The SMILES string of the molecule is COc1cc(NC(=O)CCSc2nc3ccc(C)cc3c(=O)n2-c2ccccc2)cc(OC)c1OC. The number of hydrogen-bond acceptors (Lipinski definition) is 7. The predicted molar refractivity (Wildman–Crippen MR) is 142 cm³/mol. The summed E-state index contributed by atoms with van der Waals surface area (Å²) in [6.07, 6.45) is 0.206. The maximum absolute atomic E-state index is 13.4. The lowest BCUT2D eigenvalue weighted by Gasteiger charge is -2.15. The van der Waals surface area contributed by atoms with E-state index in [1.54, 1.807) is 16.7 Å². The van der Waals surface area contributed by atoms with Crippen molar-refractivity contribution in [2.45, 2.75) is 18.5 Å². The number of thioether (sulfide) groups is 1. The Hall–Kier alpha value is -3.98. The largest absolute Gasteiger partial charge is 0.493 e. The molecule has 0 aliphatic carbocycles. The van der Waals surface area contributed by atoms with E-state index in [4.69, 9.17) is 19.2 Å². The number of methoxy groups -OCH3 is 3. The molecule has 0 fully saturated rings. The van der Waals surface area contributed by atoms with Gasteiger partial charge in [-0.15, -0.1) is 0 Å². The van der Waals surface area contributed by atoms with E-state index in [-0.39, 0.29) is 17.9 Å². The molecule has 0 saturated carbocycles. The maximum Gasteiger partial charge on any atom is 0.266 e. The van der Waals surface area contributed by atoms with Crippen molar-refractivity contribution in [1.29, 1.82) is 0 Å². The number of nitrogens with zero attached hydrogens (tertiary/aromatic N) is 2. The van der Waals surface area contributed by atoms with Crippen LogP contribution in [0.4, 0.5) is 5.69 Å². The number of nitrogens with one attached hydrogen (secondary N) is 1. The summed E-state index contributed by atoms with van der Waals surface area (Å²) in [4.78, 5) is 30.9. The summed E-state index contributed by atoms with van der Waals surface area (Å²) in [7, 11) is 4.56. The highest BCUT2D eigenvalue weighted by Gasteiger charge is 2.16. The van der Waals surface area contributed by atoms with Crippen molar-refractivity contribution in [3.63, 3.8) is 0 Å². The van der Waals surface area contributed by atoms with Gasteiger partial charge in [-0.2, -0.15) is 0 Å². The molecule has 1 aromatic heterocycles. The Morgan fingerprint density at radius 2 is 1.67 bits per heavy atom. The van der Waals surface area contributed by atoms with Gasteiger partial charge >= 0.3 is 0 Å². The number of anilines is 1. The number of rotatable bonds is 9. The summed E-state index contributed by atoms with van der Waals surface area (Å²) < 4.78 is 17.6. The Kier molecular flexibility index (Phi) is 7.80. The van der Waals surface area contributed by atoms with Gasteiger partial charge in [0.1, 0.15) is 0 Å². The first-order chi connectivity index (χ1) is 17.4. The van der Waals surface area contributed by atoms with E-state index in [0.29, 0.717) is 44.7 Å². The lowest BCUT2D eigenvalue weighted by atomic mass is 10.1. The Labute approximate surface area is 213 Å². The summed E-state index contributed by atoms with van der Waals surface area (Å²) in [5, 5.41) is 3.96. The number of carbonyl (C=O) groups excluding carboxylic acids is 1. The first kappa shape index (κ1) is 25.1. The second-order valence-electron chi connectivity index (χ2n) is 7.95. The topological polar surface area (TPSA) is 91.7 Å². The van der Waals surface area contributed by atoms with Crippen LogP contribution in [0.2, 0.25) is 0 Å². The summed E-state index contributed by atoms with van der Waals surface area (Å²) >= 11 is 1.36. The van der Waals surface area contributed by atoms with Crippen LogP contribution in [0, 0.1) is 6.92 Å². The summed E-state index contributed by atoms with van der Waals surface area (Å²) in [5.41, 5.74) is 2.73. The summed E-state index contributed by atoms with van der Waals surface area (Å²) in [6, 6.07) is 18.4. The molecule has 0 saturated heterocycles. The van der Waals surface area contributed by atoms with Crippen molar-refractivity contribution in [3.05, 3.63) is 76.6 Å². The van der Waals surface area contributed by atoms with Gasteiger partial charge in [0.2, 0.25) is 11.7 Å². The molecule has 0 bridgehead atoms. The van der Waals surface area contributed by atoms with Crippen LogP contribution in [0.5, 0.6) is 17.2 Å². The molecule has 9 heteroatoms. The lowest BCUT2D eigenvalue weighted by Crippen LogP contribution is -2.22. The molecule has 8 nitrogen and oxygen atoms in total. The van der Waals surface area contributed by atoms with Gasteiger partial charge in [0, 0.05) is 30.0 Å². The highest BCUT2D eigenvalue weighted by molar-refractivity contribution is 7.99. The molecule has 0 unspecified atom stereocenters. The van der Waals surface area contributed by atoms with Crippen LogP contribution in [-0.4, -0.2) is 42.5 Å². The summed E-state index contributed by atoms with van der Waals surface area (Å²) in [5.74, 6) is 1.58. The van der Waals surface area contributed by atoms with E-state index >= 15 is 0 Å². The number of fused-ring (bicyclic) bond motifs is 1. The number of benzene rings is 3. The normalized spacial score (nSPS) is 10.8. The van der Waals surface area contributed by atoms with Crippen molar-refractivity contribution in [2.24, 2.45) is 0 Å². The molecule has 4 rings (SSSR count). The van der Waals surface area contributed by atoms with Crippen LogP contribution in [0.25, 0.3) is 16.6 Å². The van der Waals surface area contributed by atoms with E-state index in [9.17, 15) is 9.59 Å². The van der Waals surface area contributed by atoms with Crippen molar-refractivity contribution in [3.8, 4) is 22.9 Å². The quantitative estimate of drug-likeness (QED) is 0.257. The highest BCUT2D eigenvalue weighted by Crippen LogP contribution is 2.40. The van der Waals surface area contributed by atoms with E-state index < -0.39 is 0 Å². The van der Waals surface area contributed by atoms with Gasteiger partial charge in [0.05, 0.1) is 37.9 Å². The molecule has 0 spiro atoms. The standard InChI is InChI=1S/C27H27N3O5S/c1-17-10-11-21-20(14-17)26(32)30(19-8-6-5-7-9-19)27(29-21)36-13-12-24(31)28-18-15-22(33-2)25(35-4)23(16-18)34-3/h5-11,14-16H,12-13H2,1-4H3,(H,28,31). The highest BCUT2D eigenvalue weighted by atomic mass is 32.2. The number of hydrogen-bond donors (Lipinski definition) is 1. The third-order valence-corrected chi connectivity index (χ3v) is 6.46. The van der Waals surface area contributed by atoms with Crippen molar-refractivity contribution >= 4 is 34.3 Å². The lowest BCUT2D eigenvalue weighted by molar-refractivity contribution is -0.115. The molecule has 36 heavy (non-hydrogen) atoms. The van der Waals surface area contributed by atoms with Crippen molar-refractivity contribution < 1.29 is 19.0 Å². The van der Waals surface area contributed by atoms with Gasteiger partial charge in [-0.05, 0) is 31.2 Å². The molecule has 186 valence electrons. The van der Waals surface area contributed by atoms with E-state index in [1.807, 2.05) is 55.5 Å². The number of aromatic nitrogens is 2. The van der Waals surface area contributed by atoms with E-state index in [2.05, 4.69) is 5.32 Å². The first-order valence-corrected chi connectivity index (χ1v) is 12.2. The Balaban J connectivity index is 1.55. The average molecular weight is 506 g/mol. The van der Waals surface area contributed by atoms with Crippen LogP contribution in [0.15, 0.2) is 70.6 Å². The van der Waals surface area contributed by atoms with Gasteiger partial charge in [0.25, 0.3) is 5.56 Å². The zero-order valence-corrected chi connectivity index (χ0v) is 21.3. The van der Waals surface area contributed by atoms with Gasteiger partial charge < -0.3 is 19.5 Å². The fourth-order valence-electron chi connectivity index (χ4n) is 3.79. The number of carbonyl (C=O) groups is 1. The molecule has 0 radical (unpaired) electrons. The number of ether oxygens (including phenoxy) is 3. The third-order valence-electron chi connectivity index (χ3n) is 5.52. The van der Waals surface area contributed by atoms with Gasteiger partial charge in [-0.25, -0.2) is 4.98 Å². The fraction of sp³-hybridized carbons (Fsp3) is 0.222. The molecule has 1 heterocycles. The van der Waals surface area contributed by atoms with Crippen LogP contribution < -0.4 is 25.1 Å². The molecule has 0 atom stereocenters. The molecular formula is C27H27N3O5S. The van der Waals surface area contributed by atoms with Crippen LogP contribution in [0.3, 0.4) is 0 Å². The third kappa shape index (κ3) is 5.31. The number of amides is 1. The molecule has 3 aromatic carbocycles. The molecule has 0 aliphatic rings. The molecule has 1 N–H and O–H groups in total. The zero-order chi connectivity index (χ0) is 25.7. The molecule has 1 amide bonds. The minimum atomic E-state index is -0.193. The van der Waals surface area contributed by atoms with Gasteiger partial charge in [-0.3, -0.25) is 14.2 Å². The van der Waals surface area contributed by atoms with Gasteiger partial charge in [0.15, 0.2) is 16.7 Å². The second-order valence-corrected chi connectivity index (χ2v) is 9.01. The zero-order valence-electron chi connectivity index (χ0n) is 20.5. The fourth-order valence-corrected chi connectivity index (χ4v) is 4.74. The van der Waals surface area contributed by atoms with Crippen LogP contribution in [-0.2, 0) is 4.79 Å². The Bertz CT molecular complexity index is 1430. The van der Waals surface area contributed by atoms with Crippen molar-refractivity contribution in [1.82, 2.24) is 9.55 Å². The number of aryl methyl sites for hydroxylation is 1.